The predicted molar refractivity (Wildman–Crippen MR) is 101 cm³/mol. The molecular formula is C16H19ClN4O4. The first-order chi connectivity index (χ1) is 11.4. The number of methoxy groups -OCH3 is 2. The zero-order chi connectivity index (χ0) is 17.7. The van der Waals surface area contributed by atoms with Gasteiger partial charge in [0, 0.05) is 12.1 Å². The molecular weight excluding hydrogens is 348 g/mol. The quantitative estimate of drug-likeness (QED) is 0.401. The lowest BCUT2D eigenvalue weighted by Crippen LogP contribution is -2.28. The number of anilines is 2. The molecule has 25 heavy (non-hydrogen) atoms. The van der Waals surface area contributed by atoms with E-state index in [9.17, 15) is 9.59 Å². The molecule has 1 aromatic heterocycles. The summed E-state index contributed by atoms with van der Waals surface area (Å²) in [7, 11) is 3.12. The summed E-state index contributed by atoms with van der Waals surface area (Å²) in [6, 6.07) is 10.2. The standard InChI is InChI=1S/C9H8N2O3.C7H10N2O.ClH/c1-14-5-2-3-6-7(4-5)11-9(13)8(12)10-6;1-10-5-2-3-6(8)7(9)4-5;/h2-4H,1H3,(H,10,12)(H,11,13);2-4H,8-9H2,1H3;1H. The Labute approximate surface area is 149 Å². The summed E-state index contributed by atoms with van der Waals surface area (Å²) in [6.07, 6.45) is 0. The van der Waals surface area contributed by atoms with Crippen molar-refractivity contribution >= 4 is 34.8 Å². The zero-order valence-electron chi connectivity index (χ0n) is 13.7. The minimum Gasteiger partial charge on any atom is -0.497 e. The van der Waals surface area contributed by atoms with Gasteiger partial charge < -0.3 is 30.9 Å². The fraction of sp³-hybridized carbons (Fsp3) is 0.125. The lowest BCUT2D eigenvalue weighted by molar-refractivity contribution is 0.415. The van der Waals surface area contributed by atoms with E-state index in [4.69, 9.17) is 20.9 Å². The van der Waals surface area contributed by atoms with Crippen molar-refractivity contribution < 1.29 is 9.47 Å². The third-order valence-electron chi connectivity index (χ3n) is 3.22. The van der Waals surface area contributed by atoms with Crippen molar-refractivity contribution in [3.63, 3.8) is 0 Å². The van der Waals surface area contributed by atoms with E-state index in [-0.39, 0.29) is 12.4 Å². The van der Waals surface area contributed by atoms with Gasteiger partial charge in [-0.3, -0.25) is 9.59 Å². The van der Waals surface area contributed by atoms with Crippen molar-refractivity contribution in [2.45, 2.75) is 0 Å². The van der Waals surface area contributed by atoms with E-state index in [0.717, 1.165) is 5.75 Å². The minimum absolute atomic E-state index is 0. The van der Waals surface area contributed by atoms with Gasteiger partial charge in [0.2, 0.25) is 0 Å². The molecule has 0 saturated carbocycles. The van der Waals surface area contributed by atoms with Crippen LogP contribution in [0, 0.1) is 0 Å². The third kappa shape index (κ3) is 4.92. The highest BCUT2D eigenvalue weighted by Gasteiger charge is 2.00. The van der Waals surface area contributed by atoms with Crippen LogP contribution in [0.1, 0.15) is 0 Å². The van der Waals surface area contributed by atoms with E-state index in [0.29, 0.717) is 28.2 Å². The highest BCUT2D eigenvalue weighted by molar-refractivity contribution is 5.85. The van der Waals surface area contributed by atoms with Crippen LogP contribution >= 0.6 is 12.4 Å². The number of nitrogens with two attached hydrogens (primary N) is 2. The van der Waals surface area contributed by atoms with Gasteiger partial charge in [0.05, 0.1) is 36.6 Å². The number of aromatic amines is 2. The summed E-state index contributed by atoms with van der Waals surface area (Å²) < 4.78 is 9.89. The molecule has 0 aliphatic rings. The molecule has 0 saturated heterocycles. The molecule has 0 amide bonds. The number of ether oxygens (including phenoxy) is 2. The van der Waals surface area contributed by atoms with E-state index in [2.05, 4.69) is 9.97 Å². The average Bonchev–Trinajstić information content (AvgIpc) is 2.58. The molecule has 0 fully saturated rings. The number of nitrogen functional groups attached to an aromatic ring is 2. The second-order valence-corrected chi connectivity index (χ2v) is 4.81. The largest absolute Gasteiger partial charge is 0.497 e. The number of halogens is 1. The molecule has 0 aliphatic carbocycles. The van der Waals surface area contributed by atoms with Crippen LogP contribution in [0.4, 0.5) is 11.4 Å². The molecule has 3 rings (SSSR count). The number of aromatic nitrogens is 2. The molecule has 2 aromatic carbocycles. The number of benzene rings is 2. The van der Waals surface area contributed by atoms with Crippen LogP contribution in [0.2, 0.25) is 0 Å². The highest BCUT2D eigenvalue weighted by atomic mass is 35.5. The summed E-state index contributed by atoms with van der Waals surface area (Å²) in [4.78, 5) is 26.9. The van der Waals surface area contributed by atoms with Crippen molar-refractivity contribution in [1.29, 1.82) is 0 Å². The van der Waals surface area contributed by atoms with Crippen LogP contribution in [-0.4, -0.2) is 24.2 Å². The third-order valence-corrected chi connectivity index (χ3v) is 3.22. The lowest BCUT2D eigenvalue weighted by atomic mass is 10.2. The molecule has 6 N–H and O–H groups in total. The molecule has 134 valence electrons. The van der Waals surface area contributed by atoms with Gasteiger partial charge in [-0.2, -0.15) is 0 Å². The molecule has 0 atom stereocenters. The van der Waals surface area contributed by atoms with Crippen molar-refractivity contribution in [3.05, 3.63) is 57.1 Å². The minimum atomic E-state index is -0.661. The molecule has 0 unspecified atom stereocenters. The topological polar surface area (TPSA) is 136 Å². The molecule has 3 aromatic rings. The Balaban J connectivity index is 0.000000254. The van der Waals surface area contributed by atoms with Gasteiger partial charge >= 0.3 is 11.1 Å². The van der Waals surface area contributed by atoms with Gasteiger partial charge in [-0.25, -0.2) is 0 Å². The number of nitrogens with one attached hydrogen (secondary N) is 2. The Bertz CT molecular complexity index is 968. The highest BCUT2D eigenvalue weighted by Crippen LogP contribution is 2.20. The molecule has 0 aliphatic heterocycles. The molecule has 0 bridgehead atoms. The zero-order valence-corrected chi connectivity index (χ0v) is 14.5. The van der Waals surface area contributed by atoms with Crippen LogP contribution in [-0.2, 0) is 0 Å². The van der Waals surface area contributed by atoms with Crippen molar-refractivity contribution in [1.82, 2.24) is 9.97 Å². The van der Waals surface area contributed by atoms with Gasteiger partial charge in [-0.1, -0.05) is 0 Å². The SMILES string of the molecule is COc1ccc(N)c(N)c1.COc1ccc2[nH]c(=O)c(=O)[nH]c2c1.Cl. The van der Waals surface area contributed by atoms with Crippen LogP contribution in [0.15, 0.2) is 46.0 Å². The Morgan fingerprint density at radius 2 is 1.28 bits per heavy atom. The number of rotatable bonds is 2. The maximum atomic E-state index is 11.0. The van der Waals surface area contributed by atoms with E-state index < -0.39 is 11.1 Å². The second kappa shape index (κ2) is 8.65. The monoisotopic (exact) mass is 366 g/mol. The van der Waals surface area contributed by atoms with E-state index in [1.54, 1.807) is 43.5 Å². The Hall–Kier alpha value is -3.13. The first-order valence-electron chi connectivity index (χ1n) is 6.94. The normalized spacial score (nSPS) is 9.52. The Morgan fingerprint density at radius 1 is 0.760 bits per heavy atom. The summed E-state index contributed by atoms with van der Waals surface area (Å²) in [5.41, 5.74) is 11.9. The summed E-state index contributed by atoms with van der Waals surface area (Å²) in [5, 5.41) is 0. The molecule has 0 spiro atoms. The molecule has 9 heteroatoms. The van der Waals surface area contributed by atoms with E-state index >= 15 is 0 Å². The van der Waals surface area contributed by atoms with Gasteiger partial charge in [-0.05, 0) is 24.3 Å². The first kappa shape index (κ1) is 19.9. The van der Waals surface area contributed by atoms with Crippen LogP contribution in [0.3, 0.4) is 0 Å². The van der Waals surface area contributed by atoms with Gasteiger partial charge in [-0.15, -0.1) is 12.4 Å². The fourth-order valence-corrected chi connectivity index (χ4v) is 1.90. The van der Waals surface area contributed by atoms with Gasteiger partial charge in [0.1, 0.15) is 11.5 Å². The van der Waals surface area contributed by atoms with Crippen LogP contribution in [0.5, 0.6) is 11.5 Å². The number of H-pyrrole nitrogens is 2. The Kier molecular flexibility index (Phi) is 6.89. The first-order valence-corrected chi connectivity index (χ1v) is 6.94. The maximum Gasteiger partial charge on any atom is 0.314 e. The van der Waals surface area contributed by atoms with E-state index in [1.807, 2.05) is 0 Å². The number of hydrogen-bond acceptors (Lipinski definition) is 6. The smallest absolute Gasteiger partial charge is 0.314 e. The van der Waals surface area contributed by atoms with Gasteiger partial charge in [0.25, 0.3) is 0 Å². The summed E-state index contributed by atoms with van der Waals surface area (Å²) in [5.74, 6) is 1.35. The van der Waals surface area contributed by atoms with Crippen molar-refractivity contribution in [3.8, 4) is 11.5 Å². The summed E-state index contributed by atoms with van der Waals surface area (Å²) in [6.45, 7) is 0. The molecule has 1 heterocycles. The predicted octanol–water partition coefficient (Wildman–Crippen LogP) is 1.51. The number of hydrogen-bond donors (Lipinski definition) is 4. The van der Waals surface area contributed by atoms with Gasteiger partial charge in [0.15, 0.2) is 0 Å². The fourth-order valence-electron chi connectivity index (χ4n) is 1.90. The molecule has 8 nitrogen and oxygen atoms in total. The van der Waals surface area contributed by atoms with Crippen LogP contribution in [0.25, 0.3) is 11.0 Å². The van der Waals surface area contributed by atoms with Crippen molar-refractivity contribution in [2.24, 2.45) is 0 Å². The average molecular weight is 367 g/mol. The van der Waals surface area contributed by atoms with E-state index in [1.165, 1.54) is 7.11 Å². The van der Waals surface area contributed by atoms with Crippen molar-refractivity contribution in [2.75, 3.05) is 25.7 Å². The number of fused-ring (bicyclic) bond motifs is 1. The lowest BCUT2D eigenvalue weighted by Gasteiger charge is -2.02. The second-order valence-electron chi connectivity index (χ2n) is 4.81. The summed E-state index contributed by atoms with van der Waals surface area (Å²) >= 11 is 0. The maximum absolute atomic E-state index is 11.0. The van der Waals surface area contributed by atoms with Crippen LogP contribution < -0.4 is 32.1 Å². The molecule has 0 radical (unpaired) electrons. The Morgan fingerprint density at radius 3 is 1.84 bits per heavy atom.